The van der Waals surface area contributed by atoms with Crippen LogP contribution in [0.5, 0.6) is 0 Å². The van der Waals surface area contributed by atoms with Crippen molar-refractivity contribution >= 4 is 17.2 Å². The van der Waals surface area contributed by atoms with Gasteiger partial charge in [0.2, 0.25) is 5.91 Å². The lowest BCUT2D eigenvalue weighted by Gasteiger charge is -2.13. The van der Waals surface area contributed by atoms with Gasteiger partial charge in [-0.15, -0.1) is 11.3 Å². The summed E-state index contributed by atoms with van der Waals surface area (Å²) in [4.78, 5) is 16.0. The summed E-state index contributed by atoms with van der Waals surface area (Å²) in [5.41, 5.74) is 6.81. The van der Waals surface area contributed by atoms with Crippen LogP contribution in [0.2, 0.25) is 0 Å². The lowest BCUT2D eigenvalue weighted by atomic mass is 10.0. The summed E-state index contributed by atoms with van der Waals surface area (Å²) in [6.07, 6.45) is 1.49. The first-order valence-corrected chi connectivity index (χ1v) is 6.81. The van der Waals surface area contributed by atoms with Crippen molar-refractivity contribution in [2.75, 3.05) is 6.54 Å². The van der Waals surface area contributed by atoms with E-state index in [2.05, 4.69) is 24.1 Å². The number of rotatable bonds is 6. The Balaban J connectivity index is 2.24. The van der Waals surface area contributed by atoms with E-state index in [1.54, 1.807) is 11.3 Å². The van der Waals surface area contributed by atoms with Crippen molar-refractivity contribution < 1.29 is 4.79 Å². The zero-order valence-corrected chi connectivity index (χ0v) is 11.5. The van der Waals surface area contributed by atoms with Crippen LogP contribution in [0.25, 0.3) is 0 Å². The fourth-order valence-electron chi connectivity index (χ4n) is 1.58. The van der Waals surface area contributed by atoms with Gasteiger partial charge >= 0.3 is 0 Å². The lowest BCUT2D eigenvalue weighted by Crippen LogP contribution is -2.42. The fourth-order valence-corrected chi connectivity index (χ4v) is 2.23. The largest absolute Gasteiger partial charge is 0.354 e. The highest BCUT2D eigenvalue weighted by atomic mass is 32.1. The fraction of sp³-hybridized carbons (Fsp3) is 0.667. The van der Waals surface area contributed by atoms with Crippen LogP contribution in [0.1, 0.15) is 31.0 Å². The number of aromatic nitrogens is 1. The van der Waals surface area contributed by atoms with Crippen molar-refractivity contribution in [2.24, 2.45) is 11.7 Å². The first-order valence-electron chi connectivity index (χ1n) is 5.93. The molecule has 0 aliphatic rings. The average molecular weight is 255 g/mol. The van der Waals surface area contributed by atoms with Crippen molar-refractivity contribution in [2.45, 2.75) is 39.7 Å². The highest BCUT2D eigenvalue weighted by Gasteiger charge is 2.14. The van der Waals surface area contributed by atoms with E-state index in [1.165, 1.54) is 0 Å². The Morgan fingerprint density at radius 1 is 1.59 bits per heavy atom. The molecule has 1 atom stereocenters. The van der Waals surface area contributed by atoms with Gasteiger partial charge in [-0.1, -0.05) is 13.8 Å². The van der Waals surface area contributed by atoms with E-state index in [4.69, 9.17) is 5.73 Å². The maximum Gasteiger partial charge on any atom is 0.236 e. The summed E-state index contributed by atoms with van der Waals surface area (Å²) in [6, 6.07) is -0.396. The second kappa shape index (κ2) is 6.71. The summed E-state index contributed by atoms with van der Waals surface area (Å²) < 4.78 is 0. The highest BCUT2D eigenvalue weighted by molar-refractivity contribution is 7.09. The van der Waals surface area contributed by atoms with E-state index in [1.807, 2.05) is 12.3 Å². The van der Waals surface area contributed by atoms with Gasteiger partial charge in [-0.2, -0.15) is 0 Å². The molecule has 17 heavy (non-hydrogen) atoms. The molecule has 0 aliphatic heterocycles. The lowest BCUT2D eigenvalue weighted by molar-refractivity contribution is -0.122. The van der Waals surface area contributed by atoms with Gasteiger partial charge in [0.25, 0.3) is 0 Å². The van der Waals surface area contributed by atoms with Crippen molar-refractivity contribution in [3.8, 4) is 0 Å². The Kier molecular flexibility index (Phi) is 5.58. The maximum absolute atomic E-state index is 11.6. The standard InChI is InChI=1S/C12H21N3OS/c1-8(2)6-11(13)12(16)14-5-4-10-7-17-9(3)15-10/h7-8,11H,4-6,13H2,1-3H3,(H,14,16)/t11-/m0/s1. The monoisotopic (exact) mass is 255 g/mol. The second-order valence-corrected chi connectivity index (χ2v) is 5.70. The van der Waals surface area contributed by atoms with Gasteiger partial charge in [-0.3, -0.25) is 4.79 Å². The molecule has 0 saturated carbocycles. The molecule has 0 unspecified atom stereocenters. The quantitative estimate of drug-likeness (QED) is 0.809. The molecule has 0 spiro atoms. The Labute approximate surface area is 107 Å². The smallest absolute Gasteiger partial charge is 0.236 e. The van der Waals surface area contributed by atoms with Gasteiger partial charge < -0.3 is 11.1 Å². The minimum Gasteiger partial charge on any atom is -0.354 e. The highest BCUT2D eigenvalue weighted by Crippen LogP contribution is 2.08. The van der Waals surface area contributed by atoms with Crippen LogP contribution in [-0.2, 0) is 11.2 Å². The number of carbonyl (C=O) groups excluding carboxylic acids is 1. The third-order valence-electron chi connectivity index (χ3n) is 2.41. The van der Waals surface area contributed by atoms with Crippen molar-refractivity contribution in [3.05, 3.63) is 16.1 Å². The molecule has 0 radical (unpaired) electrons. The van der Waals surface area contributed by atoms with Gasteiger partial charge in [0.15, 0.2) is 0 Å². The number of amides is 1. The summed E-state index contributed by atoms with van der Waals surface area (Å²) in [6.45, 7) is 6.70. The van der Waals surface area contributed by atoms with Gasteiger partial charge in [0.1, 0.15) is 0 Å². The summed E-state index contributed by atoms with van der Waals surface area (Å²) in [5, 5.41) is 5.93. The molecule has 0 saturated heterocycles. The van der Waals surface area contributed by atoms with Gasteiger partial charge in [-0.25, -0.2) is 4.98 Å². The minimum atomic E-state index is -0.396. The number of hydrogen-bond donors (Lipinski definition) is 2. The molecular formula is C12H21N3OS. The Morgan fingerprint density at radius 3 is 2.82 bits per heavy atom. The normalized spacial score (nSPS) is 12.8. The van der Waals surface area contributed by atoms with Crippen LogP contribution in [-0.4, -0.2) is 23.5 Å². The van der Waals surface area contributed by atoms with E-state index in [9.17, 15) is 4.79 Å². The van der Waals surface area contributed by atoms with Crippen molar-refractivity contribution in [1.82, 2.24) is 10.3 Å². The number of carbonyl (C=O) groups is 1. The number of nitrogens with two attached hydrogens (primary N) is 1. The summed E-state index contributed by atoms with van der Waals surface area (Å²) in [7, 11) is 0. The van der Waals surface area contributed by atoms with Gasteiger partial charge in [-0.05, 0) is 19.3 Å². The second-order valence-electron chi connectivity index (χ2n) is 4.63. The molecule has 4 nitrogen and oxygen atoms in total. The number of aryl methyl sites for hydroxylation is 1. The molecule has 0 aromatic carbocycles. The Morgan fingerprint density at radius 2 is 2.29 bits per heavy atom. The maximum atomic E-state index is 11.6. The Bertz CT molecular complexity index is 362. The van der Waals surface area contributed by atoms with Crippen LogP contribution < -0.4 is 11.1 Å². The first kappa shape index (κ1) is 14.1. The average Bonchev–Trinajstić information content (AvgIpc) is 2.63. The zero-order valence-electron chi connectivity index (χ0n) is 10.7. The molecule has 1 heterocycles. The molecule has 0 bridgehead atoms. The number of nitrogens with zero attached hydrogens (tertiary/aromatic N) is 1. The molecule has 0 aliphatic carbocycles. The van der Waals surface area contributed by atoms with E-state index in [-0.39, 0.29) is 5.91 Å². The third kappa shape index (κ3) is 5.28. The molecule has 3 N–H and O–H groups in total. The van der Waals surface area contributed by atoms with Crippen molar-refractivity contribution in [1.29, 1.82) is 0 Å². The molecule has 1 rings (SSSR count). The van der Waals surface area contributed by atoms with E-state index in [0.717, 1.165) is 23.5 Å². The molecule has 1 aromatic heterocycles. The molecule has 1 amide bonds. The molecule has 5 heteroatoms. The van der Waals surface area contributed by atoms with E-state index >= 15 is 0 Å². The van der Waals surface area contributed by atoms with Crippen LogP contribution >= 0.6 is 11.3 Å². The van der Waals surface area contributed by atoms with Crippen LogP contribution in [0.15, 0.2) is 5.38 Å². The van der Waals surface area contributed by atoms with Crippen LogP contribution in [0.4, 0.5) is 0 Å². The van der Waals surface area contributed by atoms with Gasteiger partial charge in [0, 0.05) is 18.3 Å². The number of thiazole rings is 1. The number of nitrogens with one attached hydrogen (secondary N) is 1. The molecule has 96 valence electrons. The predicted molar refractivity (Wildman–Crippen MR) is 71.0 cm³/mol. The van der Waals surface area contributed by atoms with E-state index in [0.29, 0.717) is 12.5 Å². The van der Waals surface area contributed by atoms with Crippen LogP contribution in [0.3, 0.4) is 0 Å². The zero-order chi connectivity index (χ0) is 12.8. The summed E-state index contributed by atoms with van der Waals surface area (Å²) in [5.74, 6) is 0.377. The predicted octanol–water partition coefficient (Wildman–Crippen LogP) is 1.48. The molecule has 0 fully saturated rings. The van der Waals surface area contributed by atoms with E-state index < -0.39 is 6.04 Å². The first-order chi connectivity index (χ1) is 7.99. The Hall–Kier alpha value is -0.940. The third-order valence-corrected chi connectivity index (χ3v) is 3.23. The minimum absolute atomic E-state index is 0.0642. The number of hydrogen-bond acceptors (Lipinski definition) is 4. The topological polar surface area (TPSA) is 68.0 Å². The van der Waals surface area contributed by atoms with Crippen LogP contribution in [0, 0.1) is 12.8 Å². The SMILES string of the molecule is Cc1nc(CCNC(=O)[C@@H](N)CC(C)C)cs1. The van der Waals surface area contributed by atoms with Crippen molar-refractivity contribution in [3.63, 3.8) is 0 Å². The molecule has 1 aromatic rings. The molecular weight excluding hydrogens is 234 g/mol. The van der Waals surface area contributed by atoms with Gasteiger partial charge in [0.05, 0.1) is 16.7 Å². The summed E-state index contributed by atoms with van der Waals surface area (Å²) >= 11 is 1.63.